The Bertz CT molecular complexity index is 1130. The van der Waals surface area contributed by atoms with Crippen LogP contribution in [0.15, 0.2) is 48.5 Å². The van der Waals surface area contributed by atoms with Crippen LogP contribution < -0.4 is 19.1 Å². The molecule has 0 aliphatic carbocycles. The monoisotopic (exact) mass is 505 g/mol. The summed E-state index contributed by atoms with van der Waals surface area (Å²) in [6.45, 7) is 6.77. The second kappa shape index (κ2) is 11.4. The summed E-state index contributed by atoms with van der Waals surface area (Å²) in [6.07, 6.45) is 1.01. The van der Waals surface area contributed by atoms with Crippen molar-refractivity contribution in [2.45, 2.75) is 45.8 Å². The van der Waals surface area contributed by atoms with Crippen LogP contribution in [0, 0.1) is 0 Å². The van der Waals surface area contributed by atoms with E-state index in [1.165, 1.54) is 25.2 Å². The smallest absolute Gasteiger partial charge is 0.244 e. The van der Waals surface area contributed by atoms with Crippen LogP contribution in [-0.4, -0.2) is 63.7 Å². The van der Waals surface area contributed by atoms with Gasteiger partial charge in [0, 0.05) is 18.2 Å². The molecular formula is C25H35N3O6S. The Morgan fingerprint density at radius 3 is 2.17 bits per heavy atom. The van der Waals surface area contributed by atoms with Crippen LogP contribution in [-0.2, 0) is 26.2 Å². The minimum absolute atomic E-state index is 0.130. The Hall–Kier alpha value is -3.27. The van der Waals surface area contributed by atoms with Crippen LogP contribution in [0.4, 0.5) is 5.69 Å². The van der Waals surface area contributed by atoms with Gasteiger partial charge >= 0.3 is 0 Å². The largest absolute Gasteiger partial charge is 0.497 e. The predicted octanol–water partition coefficient (Wildman–Crippen LogP) is 2.80. The Labute approximate surface area is 208 Å². The molecule has 0 heterocycles. The highest BCUT2D eigenvalue weighted by Gasteiger charge is 2.32. The molecule has 0 saturated heterocycles. The number of carbonyl (C=O) groups excluding carboxylic acids is 2. The van der Waals surface area contributed by atoms with E-state index in [1.54, 1.807) is 19.1 Å². The maximum atomic E-state index is 13.6. The molecule has 1 atom stereocenters. The standard InChI is InChI=1S/C25H35N3O6S/c1-18(24(30)26-25(2,3)4)27(16-19-11-9-8-10-12-19)23(29)17-28(35(7,31)32)21-15-20(33-5)13-14-22(21)34-6/h8-15,18H,16-17H2,1-7H3,(H,26,30)/t18-/m1/s1. The third-order valence-corrected chi connectivity index (χ3v) is 6.32. The molecule has 35 heavy (non-hydrogen) atoms. The zero-order valence-corrected chi connectivity index (χ0v) is 22.2. The summed E-state index contributed by atoms with van der Waals surface area (Å²) in [6, 6.07) is 13.0. The van der Waals surface area contributed by atoms with Crippen LogP contribution in [0.25, 0.3) is 0 Å². The van der Waals surface area contributed by atoms with Crippen molar-refractivity contribution in [2.24, 2.45) is 0 Å². The van der Waals surface area contributed by atoms with Gasteiger partial charge in [0.2, 0.25) is 21.8 Å². The number of hydrogen-bond acceptors (Lipinski definition) is 6. The minimum Gasteiger partial charge on any atom is -0.497 e. The summed E-state index contributed by atoms with van der Waals surface area (Å²) < 4.78 is 37.1. The molecule has 0 unspecified atom stereocenters. The molecule has 0 fully saturated rings. The van der Waals surface area contributed by atoms with Gasteiger partial charge in [-0.3, -0.25) is 13.9 Å². The van der Waals surface area contributed by atoms with Crippen molar-refractivity contribution in [1.82, 2.24) is 10.2 Å². The lowest BCUT2D eigenvalue weighted by molar-refractivity contribution is -0.140. The van der Waals surface area contributed by atoms with Gasteiger partial charge in [-0.25, -0.2) is 8.42 Å². The Morgan fingerprint density at radius 2 is 1.66 bits per heavy atom. The van der Waals surface area contributed by atoms with Crippen LogP contribution in [0.3, 0.4) is 0 Å². The number of rotatable bonds is 10. The molecule has 0 radical (unpaired) electrons. The maximum Gasteiger partial charge on any atom is 0.244 e. The topological polar surface area (TPSA) is 105 Å². The van der Waals surface area contributed by atoms with Gasteiger partial charge in [0.25, 0.3) is 0 Å². The van der Waals surface area contributed by atoms with E-state index in [2.05, 4.69) is 5.32 Å². The first-order valence-corrected chi connectivity index (χ1v) is 13.0. The molecular weight excluding hydrogens is 470 g/mol. The second-order valence-electron chi connectivity index (χ2n) is 9.23. The lowest BCUT2D eigenvalue weighted by Gasteiger charge is -2.33. The third-order valence-electron chi connectivity index (χ3n) is 5.20. The molecule has 0 bridgehead atoms. The van der Waals surface area contributed by atoms with E-state index < -0.39 is 34.1 Å². The summed E-state index contributed by atoms with van der Waals surface area (Å²) >= 11 is 0. The number of methoxy groups -OCH3 is 2. The fourth-order valence-electron chi connectivity index (χ4n) is 3.42. The van der Waals surface area contributed by atoms with Crippen molar-refractivity contribution in [2.75, 3.05) is 31.3 Å². The van der Waals surface area contributed by atoms with E-state index >= 15 is 0 Å². The van der Waals surface area contributed by atoms with Crippen LogP contribution >= 0.6 is 0 Å². The SMILES string of the molecule is COc1ccc(OC)c(N(CC(=O)N(Cc2ccccc2)[C@H](C)C(=O)NC(C)(C)C)S(C)(=O)=O)c1. The summed E-state index contributed by atoms with van der Waals surface area (Å²) in [5.74, 6) is -0.217. The van der Waals surface area contributed by atoms with Crippen molar-refractivity contribution in [3.63, 3.8) is 0 Å². The number of carbonyl (C=O) groups is 2. The summed E-state index contributed by atoms with van der Waals surface area (Å²) in [5.41, 5.74) is 0.467. The molecule has 10 heteroatoms. The van der Waals surface area contributed by atoms with Gasteiger partial charge in [-0.2, -0.15) is 0 Å². The molecule has 2 rings (SSSR count). The number of nitrogens with one attached hydrogen (secondary N) is 1. The molecule has 9 nitrogen and oxygen atoms in total. The van der Waals surface area contributed by atoms with Gasteiger partial charge in [0.05, 0.1) is 26.2 Å². The molecule has 0 aromatic heterocycles. The highest BCUT2D eigenvalue weighted by atomic mass is 32.2. The van der Waals surface area contributed by atoms with Crippen molar-refractivity contribution in [3.8, 4) is 11.5 Å². The second-order valence-corrected chi connectivity index (χ2v) is 11.1. The van der Waals surface area contributed by atoms with Gasteiger partial charge in [-0.15, -0.1) is 0 Å². The lowest BCUT2D eigenvalue weighted by Crippen LogP contribution is -2.54. The van der Waals surface area contributed by atoms with Gasteiger partial charge in [-0.05, 0) is 45.4 Å². The summed E-state index contributed by atoms with van der Waals surface area (Å²) in [7, 11) is -1.03. The number of sulfonamides is 1. The van der Waals surface area contributed by atoms with E-state index in [0.717, 1.165) is 16.1 Å². The summed E-state index contributed by atoms with van der Waals surface area (Å²) in [4.78, 5) is 27.9. The Morgan fingerprint density at radius 1 is 1.03 bits per heavy atom. The third kappa shape index (κ3) is 7.88. The van der Waals surface area contributed by atoms with E-state index in [0.29, 0.717) is 5.75 Å². The van der Waals surface area contributed by atoms with Crippen LogP contribution in [0.2, 0.25) is 0 Å². The van der Waals surface area contributed by atoms with Crippen molar-refractivity contribution in [3.05, 3.63) is 54.1 Å². The average molecular weight is 506 g/mol. The number of benzene rings is 2. The van der Waals surface area contributed by atoms with E-state index in [4.69, 9.17) is 9.47 Å². The molecule has 2 aromatic rings. The van der Waals surface area contributed by atoms with E-state index in [9.17, 15) is 18.0 Å². The van der Waals surface area contributed by atoms with Crippen molar-refractivity contribution in [1.29, 1.82) is 0 Å². The highest BCUT2D eigenvalue weighted by molar-refractivity contribution is 7.92. The van der Waals surface area contributed by atoms with E-state index in [-0.39, 0.29) is 23.9 Å². The fourth-order valence-corrected chi connectivity index (χ4v) is 4.27. The quantitative estimate of drug-likeness (QED) is 0.532. The molecule has 1 N–H and O–H groups in total. The number of anilines is 1. The van der Waals surface area contributed by atoms with Gasteiger partial charge in [0.1, 0.15) is 24.1 Å². The number of hydrogen-bond donors (Lipinski definition) is 1. The predicted molar refractivity (Wildman–Crippen MR) is 136 cm³/mol. The van der Waals surface area contributed by atoms with Crippen LogP contribution in [0.1, 0.15) is 33.3 Å². The number of nitrogens with zero attached hydrogens (tertiary/aromatic N) is 2. The molecule has 2 amide bonds. The summed E-state index contributed by atoms with van der Waals surface area (Å²) in [5, 5.41) is 2.89. The first kappa shape index (κ1) is 28.0. The minimum atomic E-state index is -3.90. The first-order valence-electron chi connectivity index (χ1n) is 11.1. The average Bonchev–Trinajstić information content (AvgIpc) is 2.78. The zero-order chi connectivity index (χ0) is 26.4. The van der Waals surface area contributed by atoms with Crippen LogP contribution in [0.5, 0.6) is 11.5 Å². The maximum absolute atomic E-state index is 13.6. The van der Waals surface area contributed by atoms with Gasteiger partial charge in [-0.1, -0.05) is 30.3 Å². The Kier molecular flexibility index (Phi) is 9.14. The van der Waals surface area contributed by atoms with Crippen molar-refractivity contribution < 1.29 is 27.5 Å². The fraction of sp³-hybridized carbons (Fsp3) is 0.440. The number of amides is 2. The molecule has 2 aromatic carbocycles. The highest BCUT2D eigenvalue weighted by Crippen LogP contribution is 2.34. The zero-order valence-electron chi connectivity index (χ0n) is 21.4. The Balaban J connectivity index is 2.47. The van der Waals surface area contributed by atoms with Crippen molar-refractivity contribution >= 4 is 27.5 Å². The first-order chi connectivity index (χ1) is 16.3. The molecule has 0 aliphatic heterocycles. The van der Waals surface area contributed by atoms with Gasteiger partial charge < -0.3 is 19.7 Å². The molecule has 0 aliphatic rings. The molecule has 0 saturated carbocycles. The van der Waals surface area contributed by atoms with Gasteiger partial charge in [0.15, 0.2) is 0 Å². The molecule has 0 spiro atoms. The normalized spacial score (nSPS) is 12.4. The molecule has 192 valence electrons. The van der Waals surface area contributed by atoms with E-state index in [1.807, 2.05) is 51.1 Å². The number of ether oxygens (including phenoxy) is 2. The lowest BCUT2D eigenvalue weighted by atomic mass is 10.1.